The maximum Gasteiger partial charge on any atom is 0.406 e. The number of aryl methyl sites for hydroxylation is 1. The van der Waals surface area contributed by atoms with E-state index in [0.29, 0.717) is 10.2 Å². The van der Waals surface area contributed by atoms with Gasteiger partial charge in [0.05, 0.1) is 22.6 Å². The zero-order valence-electron chi connectivity index (χ0n) is 22.8. The fourth-order valence-corrected chi connectivity index (χ4v) is 5.94. The van der Waals surface area contributed by atoms with Gasteiger partial charge in [0, 0.05) is 22.1 Å². The van der Waals surface area contributed by atoms with Gasteiger partial charge in [0.25, 0.3) is 10.0 Å². The third kappa shape index (κ3) is 6.06. The van der Waals surface area contributed by atoms with Crippen LogP contribution in [0.3, 0.4) is 0 Å². The van der Waals surface area contributed by atoms with Gasteiger partial charge in [-0.25, -0.2) is 12.4 Å². The Bertz CT molecular complexity index is 1540. The molecular formula is C27H29F3N2O8S. The molecule has 0 aliphatic carbocycles. The number of benzene rings is 2. The molecule has 2 aromatic carbocycles. The zero-order chi connectivity index (χ0) is 30.9. The molecule has 0 bridgehead atoms. The molecule has 1 atom stereocenters. The van der Waals surface area contributed by atoms with Crippen LogP contribution in [0, 0.1) is 23.0 Å². The number of ether oxygens (including phenoxy) is 2. The van der Waals surface area contributed by atoms with Crippen molar-refractivity contribution in [1.82, 2.24) is 3.97 Å². The molecule has 0 saturated heterocycles. The molecule has 0 amide bonds. The summed E-state index contributed by atoms with van der Waals surface area (Å²) in [5.74, 6) is -6.31. The molecule has 222 valence electrons. The number of halogens is 3. The summed E-state index contributed by atoms with van der Waals surface area (Å²) in [5, 5.41) is 11.5. The lowest BCUT2D eigenvalue weighted by atomic mass is 9.69. The molecule has 10 nitrogen and oxygen atoms in total. The lowest BCUT2D eigenvalue weighted by molar-refractivity contribution is -0.503. The standard InChI is InChI=1S/C27H29F3N2O8S/c1-16(2)39-24(33)23(25(34)40-17(3)4)26(15-32(35)36,27(28,29)30)21-14-31(22-9-7-6-8-20(21)22)41(37,38)19-12-10-18(5)11-13-19/h6-14,16-17,23H,15H2,1-5H3/t26-/m0/s1. The van der Waals surface area contributed by atoms with Crippen LogP contribution in [0.25, 0.3) is 10.9 Å². The van der Waals surface area contributed by atoms with Crippen molar-refractivity contribution in [2.75, 3.05) is 6.54 Å². The van der Waals surface area contributed by atoms with E-state index in [0.717, 1.165) is 11.6 Å². The third-order valence-electron chi connectivity index (χ3n) is 6.29. The minimum Gasteiger partial charge on any atom is -0.462 e. The third-order valence-corrected chi connectivity index (χ3v) is 7.98. The van der Waals surface area contributed by atoms with Crippen molar-refractivity contribution in [3.05, 3.63) is 76.0 Å². The molecule has 0 radical (unpaired) electrons. The second-order valence-electron chi connectivity index (χ2n) is 10.0. The van der Waals surface area contributed by atoms with Crippen LogP contribution in [0.4, 0.5) is 13.2 Å². The van der Waals surface area contributed by atoms with Crippen molar-refractivity contribution >= 4 is 32.9 Å². The largest absolute Gasteiger partial charge is 0.462 e. The number of fused-ring (bicyclic) bond motifs is 1. The van der Waals surface area contributed by atoms with Gasteiger partial charge in [0.2, 0.25) is 6.54 Å². The maximum absolute atomic E-state index is 15.4. The highest BCUT2D eigenvalue weighted by molar-refractivity contribution is 7.90. The number of hydrogen-bond donors (Lipinski definition) is 0. The summed E-state index contributed by atoms with van der Waals surface area (Å²) in [5.41, 5.74) is -4.39. The Morgan fingerprint density at radius 2 is 1.46 bits per heavy atom. The Labute approximate surface area is 234 Å². The second-order valence-corrected chi connectivity index (χ2v) is 11.9. The number of para-hydroxylation sites is 1. The fourth-order valence-electron chi connectivity index (χ4n) is 4.57. The summed E-state index contributed by atoms with van der Waals surface area (Å²) in [4.78, 5) is 36.8. The molecule has 0 spiro atoms. The van der Waals surface area contributed by atoms with Crippen molar-refractivity contribution in [2.24, 2.45) is 5.92 Å². The Hall–Kier alpha value is -3.94. The van der Waals surface area contributed by atoms with Crippen molar-refractivity contribution in [1.29, 1.82) is 0 Å². The van der Waals surface area contributed by atoms with Gasteiger partial charge in [-0.15, -0.1) is 0 Å². The lowest BCUT2D eigenvalue weighted by Crippen LogP contribution is -2.59. The summed E-state index contributed by atoms with van der Waals surface area (Å²) in [7, 11) is -4.55. The first-order valence-electron chi connectivity index (χ1n) is 12.5. The molecule has 0 fully saturated rings. The van der Waals surface area contributed by atoms with Crippen LogP contribution in [0.5, 0.6) is 0 Å². The van der Waals surface area contributed by atoms with Crippen molar-refractivity contribution in [3.63, 3.8) is 0 Å². The molecule has 1 aromatic heterocycles. The average Bonchev–Trinajstić information content (AvgIpc) is 3.22. The van der Waals surface area contributed by atoms with Gasteiger partial charge in [-0.3, -0.25) is 19.7 Å². The Balaban J connectivity index is 2.51. The van der Waals surface area contributed by atoms with E-state index in [-0.39, 0.29) is 15.8 Å². The average molecular weight is 599 g/mol. The number of rotatable bonds is 10. The molecule has 3 rings (SSSR count). The van der Waals surface area contributed by atoms with Crippen LogP contribution in [0.2, 0.25) is 0 Å². The quantitative estimate of drug-likeness (QED) is 0.141. The van der Waals surface area contributed by atoms with E-state index in [1.54, 1.807) is 6.92 Å². The monoisotopic (exact) mass is 598 g/mol. The first-order valence-corrected chi connectivity index (χ1v) is 13.9. The zero-order valence-corrected chi connectivity index (χ0v) is 23.7. The van der Waals surface area contributed by atoms with Gasteiger partial charge in [0.1, 0.15) is 0 Å². The Morgan fingerprint density at radius 3 is 1.93 bits per heavy atom. The van der Waals surface area contributed by atoms with Crippen LogP contribution in [0.15, 0.2) is 59.6 Å². The van der Waals surface area contributed by atoms with Gasteiger partial charge < -0.3 is 9.47 Å². The van der Waals surface area contributed by atoms with Gasteiger partial charge >= 0.3 is 18.1 Å². The van der Waals surface area contributed by atoms with Crippen LogP contribution in [0.1, 0.15) is 38.8 Å². The molecule has 0 aliphatic heterocycles. The SMILES string of the molecule is Cc1ccc(S(=O)(=O)n2cc([C@@](C[N+](=O)[O-])(C(C(=O)OC(C)C)C(=O)OC(C)C)C(F)(F)F)c3ccccc32)cc1. The van der Waals surface area contributed by atoms with E-state index in [9.17, 15) is 28.1 Å². The molecule has 0 aliphatic rings. The predicted molar refractivity (Wildman–Crippen MR) is 141 cm³/mol. The molecule has 0 unspecified atom stereocenters. The summed E-state index contributed by atoms with van der Waals surface area (Å²) in [6.45, 7) is 5.01. The minimum atomic E-state index is -5.65. The number of alkyl halides is 3. The van der Waals surface area contributed by atoms with E-state index in [1.807, 2.05) is 0 Å². The first kappa shape index (κ1) is 31.6. The predicted octanol–water partition coefficient (Wildman–Crippen LogP) is 4.78. The molecule has 14 heteroatoms. The second kappa shape index (κ2) is 11.5. The topological polar surface area (TPSA) is 135 Å². The van der Waals surface area contributed by atoms with E-state index in [2.05, 4.69) is 0 Å². The van der Waals surface area contributed by atoms with Crippen molar-refractivity contribution in [3.8, 4) is 0 Å². The number of carbonyl (C=O) groups excluding carboxylic acids is 2. The number of nitro groups is 1. The summed E-state index contributed by atoms with van der Waals surface area (Å²) < 4.78 is 84.1. The van der Waals surface area contributed by atoms with E-state index < -0.39 is 68.7 Å². The number of esters is 2. The molecule has 41 heavy (non-hydrogen) atoms. The van der Waals surface area contributed by atoms with E-state index in [4.69, 9.17) is 9.47 Å². The molecular weight excluding hydrogens is 569 g/mol. The summed E-state index contributed by atoms with van der Waals surface area (Å²) in [6, 6.07) is 10.5. The van der Waals surface area contributed by atoms with E-state index in [1.165, 1.54) is 70.2 Å². The smallest absolute Gasteiger partial charge is 0.406 e. The molecule has 0 N–H and O–H groups in total. The molecule has 0 saturated carbocycles. The Kier molecular flexibility index (Phi) is 8.87. The van der Waals surface area contributed by atoms with Crippen LogP contribution in [-0.4, -0.2) is 54.2 Å². The van der Waals surface area contributed by atoms with Crippen LogP contribution >= 0.6 is 0 Å². The molecule has 1 heterocycles. The number of nitrogens with zero attached hydrogens (tertiary/aromatic N) is 2. The van der Waals surface area contributed by atoms with Crippen molar-refractivity contribution < 1.29 is 45.6 Å². The van der Waals surface area contributed by atoms with Crippen LogP contribution < -0.4 is 0 Å². The highest BCUT2D eigenvalue weighted by Gasteiger charge is 2.70. The summed E-state index contributed by atoms with van der Waals surface area (Å²) >= 11 is 0. The van der Waals surface area contributed by atoms with Gasteiger partial charge in [0.15, 0.2) is 11.3 Å². The van der Waals surface area contributed by atoms with Crippen molar-refractivity contribution in [2.45, 2.75) is 63.3 Å². The minimum absolute atomic E-state index is 0.256. The first-order chi connectivity index (χ1) is 18.9. The number of carbonyl (C=O) groups is 2. The van der Waals surface area contributed by atoms with Gasteiger partial charge in [-0.05, 0) is 52.8 Å². The lowest BCUT2D eigenvalue weighted by Gasteiger charge is -2.37. The molecule has 3 aromatic rings. The van der Waals surface area contributed by atoms with Gasteiger partial charge in [-0.1, -0.05) is 35.9 Å². The number of hydrogen-bond acceptors (Lipinski definition) is 8. The van der Waals surface area contributed by atoms with Gasteiger partial charge in [-0.2, -0.15) is 13.2 Å². The summed E-state index contributed by atoms with van der Waals surface area (Å²) in [6.07, 6.45) is -7.07. The Morgan fingerprint density at radius 1 is 0.951 bits per heavy atom. The fraction of sp³-hybridized carbons (Fsp3) is 0.407. The van der Waals surface area contributed by atoms with Crippen LogP contribution in [-0.2, 0) is 34.5 Å². The van der Waals surface area contributed by atoms with E-state index >= 15 is 13.2 Å². The maximum atomic E-state index is 15.4. The highest BCUT2D eigenvalue weighted by Crippen LogP contribution is 2.51. The normalized spacial score (nSPS) is 13.9. The highest BCUT2D eigenvalue weighted by atomic mass is 32.2. The number of aromatic nitrogens is 1.